The van der Waals surface area contributed by atoms with Crippen LogP contribution in [0, 0.1) is 0 Å². The summed E-state index contributed by atoms with van der Waals surface area (Å²) in [6.45, 7) is 0. The molecule has 0 fully saturated rings. The summed E-state index contributed by atoms with van der Waals surface area (Å²) in [5.41, 5.74) is 0. The minimum Gasteiger partial charge on any atom is -0.298 e. The second kappa shape index (κ2) is 5.99. The van der Waals surface area contributed by atoms with Gasteiger partial charge in [0.05, 0.1) is 7.11 Å². The van der Waals surface area contributed by atoms with Crippen molar-refractivity contribution in [3.63, 3.8) is 0 Å². The molecule has 0 radical (unpaired) electrons. The second-order valence-corrected chi connectivity index (χ2v) is 3.57. The topological polar surface area (TPSA) is 71.5 Å². The van der Waals surface area contributed by atoms with Crippen LogP contribution in [0.25, 0.3) is 0 Å². The number of hydroxylamine groups is 2. The van der Waals surface area contributed by atoms with Crippen LogP contribution >= 0.6 is 11.3 Å². The Morgan fingerprint density at radius 1 is 1.56 bits per heavy atom. The van der Waals surface area contributed by atoms with Gasteiger partial charge in [-0.1, -0.05) is 0 Å². The normalized spacial score (nSPS) is 10.4. The van der Waals surface area contributed by atoms with Crippen molar-refractivity contribution in [1.29, 1.82) is 0 Å². The van der Waals surface area contributed by atoms with Gasteiger partial charge in [-0.2, -0.15) is 0 Å². The average molecular weight is 241 g/mol. The Kier molecular flexibility index (Phi) is 4.62. The van der Waals surface area contributed by atoms with Crippen LogP contribution in [0.1, 0.15) is 0 Å². The predicted molar refractivity (Wildman–Crippen MR) is 59.7 cm³/mol. The van der Waals surface area contributed by atoms with Gasteiger partial charge in [-0.05, 0) is 0 Å². The van der Waals surface area contributed by atoms with Gasteiger partial charge in [-0.3, -0.25) is 19.7 Å². The molecule has 0 saturated carbocycles. The minimum atomic E-state index is -0.420. The van der Waals surface area contributed by atoms with Crippen molar-refractivity contribution < 1.29 is 14.4 Å². The van der Waals surface area contributed by atoms with Crippen molar-refractivity contribution in [3.8, 4) is 0 Å². The maximum atomic E-state index is 11.3. The standard InChI is InChI=1S/C9H11N3O3S/c1-12(15-2)8(14)4-3-7(13)11-9-10-5-6-16-9/h3-6H,1-2H3,(H,10,11,13)/b4-3+. The first-order valence-corrected chi connectivity index (χ1v) is 5.22. The summed E-state index contributed by atoms with van der Waals surface area (Å²) in [4.78, 5) is 31.0. The molecule has 0 saturated heterocycles. The quantitative estimate of drug-likeness (QED) is 0.621. The summed E-state index contributed by atoms with van der Waals surface area (Å²) in [5.74, 6) is -0.829. The number of likely N-dealkylation sites (N-methyl/N-ethyl adjacent to an activating group) is 1. The van der Waals surface area contributed by atoms with Crippen LogP contribution in [-0.4, -0.2) is 36.0 Å². The van der Waals surface area contributed by atoms with Crippen molar-refractivity contribution >= 4 is 28.3 Å². The van der Waals surface area contributed by atoms with Crippen molar-refractivity contribution in [1.82, 2.24) is 10.0 Å². The summed E-state index contributed by atoms with van der Waals surface area (Å²) >= 11 is 1.30. The lowest BCUT2D eigenvalue weighted by molar-refractivity contribution is -0.162. The number of thiazole rings is 1. The number of rotatable bonds is 4. The summed E-state index contributed by atoms with van der Waals surface area (Å²) in [7, 11) is 2.81. The predicted octanol–water partition coefficient (Wildman–Crippen LogP) is 0.658. The maximum Gasteiger partial charge on any atom is 0.270 e. The van der Waals surface area contributed by atoms with E-state index in [-0.39, 0.29) is 0 Å². The molecule has 1 aromatic heterocycles. The molecule has 2 amide bonds. The molecule has 1 rings (SSSR count). The molecule has 0 aliphatic rings. The number of nitrogens with zero attached hydrogens (tertiary/aromatic N) is 2. The van der Waals surface area contributed by atoms with Crippen LogP contribution in [-0.2, 0) is 14.4 Å². The van der Waals surface area contributed by atoms with Gasteiger partial charge in [-0.25, -0.2) is 10.0 Å². The van der Waals surface area contributed by atoms with Crippen molar-refractivity contribution in [3.05, 3.63) is 23.7 Å². The molecule has 0 aliphatic heterocycles. The van der Waals surface area contributed by atoms with Crippen LogP contribution in [0.15, 0.2) is 23.7 Å². The number of aromatic nitrogens is 1. The molecule has 0 unspecified atom stereocenters. The molecular formula is C9H11N3O3S. The lowest BCUT2D eigenvalue weighted by atomic mass is 10.4. The van der Waals surface area contributed by atoms with E-state index in [1.165, 1.54) is 25.5 Å². The van der Waals surface area contributed by atoms with E-state index in [1.54, 1.807) is 11.6 Å². The van der Waals surface area contributed by atoms with E-state index in [2.05, 4.69) is 15.1 Å². The number of amides is 2. The molecule has 1 heterocycles. The number of anilines is 1. The summed E-state index contributed by atoms with van der Waals surface area (Å²) in [5, 5.41) is 5.74. The lowest BCUT2D eigenvalue weighted by Gasteiger charge is -2.09. The molecule has 7 heteroatoms. The third-order valence-electron chi connectivity index (χ3n) is 1.62. The fourth-order valence-electron chi connectivity index (χ4n) is 0.774. The highest BCUT2D eigenvalue weighted by Gasteiger charge is 2.04. The Labute approximate surface area is 96.5 Å². The zero-order chi connectivity index (χ0) is 12.0. The minimum absolute atomic E-state index is 0.409. The first-order valence-electron chi connectivity index (χ1n) is 4.34. The first-order chi connectivity index (χ1) is 7.63. The van der Waals surface area contributed by atoms with E-state index in [4.69, 9.17) is 0 Å². The molecular weight excluding hydrogens is 230 g/mol. The number of hydrogen-bond acceptors (Lipinski definition) is 5. The Bertz CT molecular complexity index is 389. The molecule has 0 atom stereocenters. The maximum absolute atomic E-state index is 11.3. The summed E-state index contributed by atoms with van der Waals surface area (Å²) in [6, 6.07) is 0. The van der Waals surface area contributed by atoms with Gasteiger partial charge in [0.15, 0.2) is 5.13 Å². The smallest absolute Gasteiger partial charge is 0.270 e. The number of carbonyl (C=O) groups excluding carboxylic acids is 2. The largest absolute Gasteiger partial charge is 0.298 e. The van der Waals surface area contributed by atoms with Gasteiger partial charge in [0.25, 0.3) is 5.91 Å². The van der Waals surface area contributed by atoms with Crippen LogP contribution in [0.5, 0.6) is 0 Å². The van der Waals surface area contributed by atoms with E-state index < -0.39 is 11.8 Å². The van der Waals surface area contributed by atoms with Gasteiger partial charge in [0, 0.05) is 30.8 Å². The fourth-order valence-corrected chi connectivity index (χ4v) is 1.31. The van der Waals surface area contributed by atoms with Crippen LogP contribution in [0.3, 0.4) is 0 Å². The Morgan fingerprint density at radius 2 is 2.31 bits per heavy atom. The fraction of sp³-hybridized carbons (Fsp3) is 0.222. The van der Waals surface area contributed by atoms with Crippen molar-refractivity contribution in [2.24, 2.45) is 0 Å². The number of hydrogen-bond donors (Lipinski definition) is 1. The second-order valence-electron chi connectivity index (χ2n) is 2.68. The highest BCUT2D eigenvalue weighted by molar-refractivity contribution is 7.13. The molecule has 0 aromatic carbocycles. The molecule has 16 heavy (non-hydrogen) atoms. The number of nitrogens with one attached hydrogen (secondary N) is 1. The highest BCUT2D eigenvalue weighted by atomic mass is 32.1. The van der Waals surface area contributed by atoms with E-state index in [0.717, 1.165) is 17.2 Å². The monoisotopic (exact) mass is 241 g/mol. The van der Waals surface area contributed by atoms with E-state index in [1.807, 2.05) is 0 Å². The zero-order valence-electron chi connectivity index (χ0n) is 8.84. The summed E-state index contributed by atoms with van der Waals surface area (Å²) < 4.78 is 0. The Hall–Kier alpha value is -1.73. The van der Waals surface area contributed by atoms with E-state index >= 15 is 0 Å². The van der Waals surface area contributed by atoms with E-state index in [9.17, 15) is 9.59 Å². The number of carbonyl (C=O) groups is 2. The third kappa shape index (κ3) is 3.79. The van der Waals surface area contributed by atoms with Crippen LogP contribution in [0.4, 0.5) is 5.13 Å². The summed E-state index contributed by atoms with van der Waals surface area (Å²) in [6.07, 6.45) is 3.82. The Balaban J connectivity index is 2.45. The van der Waals surface area contributed by atoms with Crippen LogP contribution < -0.4 is 5.32 Å². The first kappa shape index (κ1) is 12.3. The lowest BCUT2D eigenvalue weighted by Crippen LogP contribution is -2.23. The average Bonchev–Trinajstić information content (AvgIpc) is 2.77. The SMILES string of the molecule is CON(C)C(=O)/C=C/C(=O)Nc1nccs1. The van der Waals surface area contributed by atoms with Crippen molar-refractivity contribution in [2.45, 2.75) is 0 Å². The van der Waals surface area contributed by atoms with Gasteiger partial charge < -0.3 is 0 Å². The van der Waals surface area contributed by atoms with Gasteiger partial charge in [0.2, 0.25) is 5.91 Å². The van der Waals surface area contributed by atoms with Crippen LogP contribution in [0.2, 0.25) is 0 Å². The van der Waals surface area contributed by atoms with Gasteiger partial charge in [0.1, 0.15) is 0 Å². The van der Waals surface area contributed by atoms with Crippen molar-refractivity contribution in [2.75, 3.05) is 19.5 Å². The molecule has 1 aromatic rings. The molecule has 0 spiro atoms. The Morgan fingerprint density at radius 3 is 2.88 bits per heavy atom. The molecule has 1 N–H and O–H groups in total. The molecule has 86 valence electrons. The molecule has 0 bridgehead atoms. The van der Waals surface area contributed by atoms with Gasteiger partial charge >= 0.3 is 0 Å². The third-order valence-corrected chi connectivity index (χ3v) is 2.31. The van der Waals surface area contributed by atoms with Gasteiger partial charge in [-0.15, -0.1) is 11.3 Å². The zero-order valence-corrected chi connectivity index (χ0v) is 9.65. The van der Waals surface area contributed by atoms with E-state index in [0.29, 0.717) is 5.13 Å². The molecule has 0 aliphatic carbocycles. The molecule has 6 nitrogen and oxygen atoms in total. The highest BCUT2D eigenvalue weighted by Crippen LogP contribution is 2.09.